The van der Waals surface area contributed by atoms with E-state index in [1.165, 1.54) is 0 Å². The molecule has 0 unspecified atom stereocenters. The first-order chi connectivity index (χ1) is 3.68. The molecule has 2 nitrogen and oxygen atoms in total. The first kappa shape index (κ1) is 9.01. The minimum atomic E-state index is -2.10. The van der Waals surface area contributed by atoms with Crippen LogP contribution in [0.25, 0.3) is 0 Å². The van der Waals surface area contributed by atoms with Crippen LogP contribution in [-0.2, 0) is 7.37 Å². The normalized spacial score (nSPS) is 11.9. The van der Waals surface area contributed by atoms with Crippen LogP contribution in [0, 0.1) is 0 Å². The molecular weight excluding hydrogens is 233 g/mol. The van der Waals surface area contributed by atoms with Gasteiger partial charge in [-0.1, -0.05) is 0 Å². The van der Waals surface area contributed by atoms with Gasteiger partial charge in [0.1, 0.15) is 0 Å². The van der Waals surface area contributed by atoms with Crippen molar-refractivity contribution in [3.8, 4) is 0 Å². The van der Waals surface area contributed by atoms with Crippen LogP contribution in [0.1, 0.15) is 13.8 Å². The van der Waals surface area contributed by atoms with Gasteiger partial charge in [-0.05, 0) is 0 Å². The molecule has 0 rings (SSSR count). The average Bonchev–Trinajstić information content (AvgIpc) is 1.87. The van der Waals surface area contributed by atoms with Gasteiger partial charge in [-0.3, -0.25) is 0 Å². The molecule has 0 radical (unpaired) electrons. The van der Waals surface area contributed by atoms with Crippen molar-refractivity contribution in [2.45, 2.75) is 13.8 Å². The number of hydrogen-bond donors (Lipinski definition) is 0. The Hall–Kier alpha value is 1.01. The van der Waals surface area contributed by atoms with E-state index in [1.807, 2.05) is 13.8 Å². The van der Waals surface area contributed by atoms with Crippen LogP contribution in [0.4, 0.5) is 0 Å². The van der Waals surface area contributed by atoms with Crippen LogP contribution in [-0.4, -0.2) is 35.8 Å². The van der Waals surface area contributed by atoms with Gasteiger partial charge in [0.15, 0.2) is 0 Å². The molecule has 8 heavy (non-hydrogen) atoms. The summed E-state index contributed by atoms with van der Waals surface area (Å²) < 4.78 is 16.1. The molecule has 0 saturated heterocycles. The summed E-state index contributed by atoms with van der Waals surface area (Å²) >= 11 is 0.661. The number of rotatable bonds is 3. The van der Waals surface area contributed by atoms with E-state index in [0.717, 1.165) is 0 Å². The Morgan fingerprint density at radius 2 is 1.88 bits per heavy atom. The van der Waals surface area contributed by atoms with Gasteiger partial charge >= 0.3 is 64.3 Å². The van der Waals surface area contributed by atoms with E-state index < -0.39 is 7.37 Å². The topological polar surface area (TPSA) is 26.3 Å². The van der Waals surface area contributed by atoms with E-state index in [0.29, 0.717) is 35.8 Å². The van der Waals surface area contributed by atoms with Gasteiger partial charge in [0.25, 0.3) is 0 Å². The summed E-state index contributed by atoms with van der Waals surface area (Å²) in [6, 6.07) is 0. The second-order valence-electron chi connectivity index (χ2n) is 1.55. The van der Waals surface area contributed by atoms with E-state index in [1.54, 1.807) is 0 Å². The fourth-order valence-electron chi connectivity index (χ4n) is 0.373. The van der Waals surface area contributed by atoms with Gasteiger partial charge in [-0.2, -0.15) is 0 Å². The van der Waals surface area contributed by atoms with Crippen molar-refractivity contribution < 1.29 is 7.37 Å². The molecule has 50 valence electrons. The van der Waals surface area contributed by atoms with E-state index in [4.69, 9.17) is 2.80 Å². The van der Waals surface area contributed by atoms with Gasteiger partial charge in [0, 0.05) is 0 Å². The Labute approximate surface area is 64.5 Å². The van der Waals surface area contributed by atoms with E-state index in [9.17, 15) is 4.57 Å². The summed E-state index contributed by atoms with van der Waals surface area (Å²) in [7, 11) is -2.10. The SMILES string of the molecule is CCP(=O)(CC)[O][SbH2]. The molecule has 0 aliphatic rings. The maximum atomic E-state index is 11.1. The van der Waals surface area contributed by atoms with Crippen LogP contribution in [0.2, 0.25) is 0 Å². The van der Waals surface area contributed by atoms with Gasteiger partial charge in [-0.25, -0.2) is 0 Å². The zero-order chi connectivity index (χ0) is 6.62. The third-order valence-corrected chi connectivity index (χ3v) is 6.76. The molecule has 0 saturated carbocycles. The molecule has 4 heteroatoms. The minimum absolute atomic E-state index is 0.661. The van der Waals surface area contributed by atoms with Gasteiger partial charge in [0.05, 0.1) is 0 Å². The second-order valence-corrected chi connectivity index (χ2v) is 6.46. The second kappa shape index (κ2) is 3.93. The van der Waals surface area contributed by atoms with Gasteiger partial charge < -0.3 is 0 Å². The monoisotopic (exact) mass is 244 g/mol. The maximum absolute atomic E-state index is 11.1. The molecule has 0 aromatic rings. The van der Waals surface area contributed by atoms with E-state index in [-0.39, 0.29) is 0 Å². The van der Waals surface area contributed by atoms with Crippen LogP contribution in [0.15, 0.2) is 0 Å². The molecule has 0 aromatic carbocycles. The van der Waals surface area contributed by atoms with Crippen molar-refractivity contribution in [1.82, 2.24) is 0 Å². The zero-order valence-corrected chi connectivity index (χ0v) is 9.45. The van der Waals surface area contributed by atoms with Gasteiger partial charge in [-0.15, -0.1) is 0 Å². The fourth-order valence-corrected chi connectivity index (χ4v) is 3.67. The van der Waals surface area contributed by atoms with Crippen LogP contribution < -0.4 is 0 Å². The molecule has 0 fully saturated rings. The predicted octanol–water partition coefficient (Wildman–Crippen LogP) is 0.869. The Kier molecular flexibility index (Phi) is 4.42. The summed E-state index contributed by atoms with van der Waals surface area (Å²) in [4.78, 5) is 0. The molecule has 0 aliphatic heterocycles. The van der Waals surface area contributed by atoms with Crippen molar-refractivity contribution in [2.24, 2.45) is 0 Å². The summed E-state index contributed by atoms with van der Waals surface area (Å²) in [5, 5.41) is 0. The molecule has 0 heterocycles. The Morgan fingerprint density at radius 1 is 1.50 bits per heavy atom. The summed E-state index contributed by atoms with van der Waals surface area (Å²) in [6.45, 7) is 3.81. The quantitative estimate of drug-likeness (QED) is 0.544. The molecule has 0 bridgehead atoms. The Bertz CT molecular complexity index is 85.2. The van der Waals surface area contributed by atoms with Gasteiger partial charge in [0.2, 0.25) is 0 Å². The van der Waals surface area contributed by atoms with E-state index in [2.05, 4.69) is 0 Å². The van der Waals surface area contributed by atoms with Crippen molar-refractivity contribution >= 4 is 30.8 Å². The van der Waals surface area contributed by atoms with Crippen LogP contribution >= 0.6 is 7.37 Å². The fraction of sp³-hybridized carbons (Fsp3) is 1.00. The van der Waals surface area contributed by atoms with Crippen LogP contribution in [0.3, 0.4) is 0 Å². The van der Waals surface area contributed by atoms with Crippen molar-refractivity contribution in [1.29, 1.82) is 0 Å². The Morgan fingerprint density at radius 3 is 1.88 bits per heavy atom. The summed E-state index contributed by atoms with van der Waals surface area (Å²) in [5.41, 5.74) is 0. The average molecular weight is 245 g/mol. The van der Waals surface area contributed by atoms with Crippen molar-refractivity contribution in [3.63, 3.8) is 0 Å². The van der Waals surface area contributed by atoms with Crippen molar-refractivity contribution in [2.75, 3.05) is 12.3 Å². The third kappa shape index (κ3) is 2.53. The zero-order valence-electron chi connectivity index (χ0n) is 5.26. The molecule has 0 aliphatic carbocycles. The van der Waals surface area contributed by atoms with E-state index >= 15 is 0 Å². The Balaban J connectivity index is 3.79. The molecule has 0 amide bonds. The number of hydrogen-bond acceptors (Lipinski definition) is 2. The summed E-state index contributed by atoms with van der Waals surface area (Å²) in [6.07, 6.45) is 1.37. The van der Waals surface area contributed by atoms with Crippen LogP contribution in [0.5, 0.6) is 0 Å². The summed E-state index contributed by atoms with van der Waals surface area (Å²) in [5.74, 6) is 0. The van der Waals surface area contributed by atoms with Crippen molar-refractivity contribution in [3.05, 3.63) is 0 Å². The molecule has 0 atom stereocenters. The molecule has 0 N–H and O–H groups in total. The standard InChI is InChI=1S/C4H11O2P.Sb.2H/c1-3-7(5,6)4-2;;;/h3-4H2,1-2H3,(H,5,6);;;/q;+1;;/p-1. The molecule has 0 aromatic heterocycles. The third-order valence-electron chi connectivity index (χ3n) is 1.16. The first-order valence-electron chi connectivity index (χ1n) is 2.65. The predicted molar refractivity (Wildman–Crippen MR) is 38.3 cm³/mol. The molecular formula is C4H12O2PSb. The first-order valence-corrected chi connectivity index (χ1v) is 5.99. The molecule has 0 spiro atoms.